The Morgan fingerprint density at radius 3 is 2.53 bits per heavy atom. The summed E-state index contributed by atoms with van der Waals surface area (Å²) < 4.78 is 28.1. The van der Waals surface area contributed by atoms with Crippen LogP contribution >= 0.6 is 22.6 Å². The van der Waals surface area contributed by atoms with Crippen molar-refractivity contribution >= 4 is 34.7 Å². The first-order valence-electron chi connectivity index (χ1n) is 11.6. The number of rotatable bonds is 7. The normalized spacial score (nSPS) is 29.2. The summed E-state index contributed by atoms with van der Waals surface area (Å²) in [6.45, 7) is 1.66. The summed E-state index contributed by atoms with van der Waals surface area (Å²) in [5.41, 5.74) is 0.409. The van der Waals surface area contributed by atoms with Gasteiger partial charge in [0.15, 0.2) is 5.79 Å². The zero-order valence-corrected chi connectivity index (χ0v) is 22.0. The highest BCUT2D eigenvalue weighted by molar-refractivity contribution is 14.1. The van der Waals surface area contributed by atoms with Crippen LogP contribution in [0.3, 0.4) is 0 Å². The molecule has 1 N–H and O–H groups in total. The summed E-state index contributed by atoms with van der Waals surface area (Å²) >= 11 is 2.37. The standard InChI is InChI=1S/C24H33IN2O7/c1-27-17(15-26-19(21(28)31-3)12-16-4-6-18(30-2)7-5-16)13-23(34-22(27)29)8-9-24(14-20(23)25)32-10-11-33-24/h4-7,17,19-20,26H,8-15H2,1-3H3/t17-,19-,20+,23-/m0/s1. The molecule has 2 spiro atoms. The van der Waals surface area contributed by atoms with E-state index in [0.29, 0.717) is 51.9 Å². The number of amides is 1. The quantitative estimate of drug-likeness (QED) is 0.295. The van der Waals surface area contributed by atoms with E-state index >= 15 is 0 Å². The van der Waals surface area contributed by atoms with Crippen LogP contribution in [0.15, 0.2) is 24.3 Å². The lowest BCUT2D eigenvalue weighted by molar-refractivity contribution is -0.205. The van der Waals surface area contributed by atoms with Crippen LogP contribution in [0, 0.1) is 0 Å². The molecule has 0 aromatic heterocycles. The SMILES string of the molecule is COC(=O)[C@H](Cc1ccc(OC)cc1)NC[C@@H]1C[C@]2(CCC3(C[C@H]2I)OCCO3)OC(=O)N1C. The van der Waals surface area contributed by atoms with E-state index in [4.69, 9.17) is 23.7 Å². The number of alkyl halides is 1. The van der Waals surface area contributed by atoms with Crippen molar-refractivity contribution in [1.82, 2.24) is 10.2 Å². The second-order valence-corrected chi connectivity index (χ2v) is 10.7. The van der Waals surface area contributed by atoms with E-state index in [1.807, 2.05) is 24.3 Å². The molecule has 9 nitrogen and oxygen atoms in total. The smallest absolute Gasteiger partial charge is 0.410 e. The summed E-state index contributed by atoms with van der Waals surface area (Å²) in [6, 6.07) is 6.94. The molecule has 2 aliphatic heterocycles. The molecule has 1 amide bonds. The van der Waals surface area contributed by atoms with Crippen molar-refractivity contribution < 1.29 is 33.3 Å². The number of nitrogens with zero attached hydrogens (tertiary/aromatic N) is 1. The van der Waals surface area contributed by atoms with Gasteiger partial charge >= 0.3 is 12.1 Å². The van der Waals surface area contributed by atoms with Gasteiger partial charge in [0.1, 0.15) is 17.4 Å². The number of carbonyl (C=O) groups is 2. The molecule has 2 saturated heterocycles. The van der Waals surface area contributed by atoms with Crippen LogP contribution in [0.2, 0.25) is 0 Å². The van der Waals surface area contributed by atoms with Gasteiger partial charge in [-0.1, -0.05) is 34.7 Å². The number of hydrogen-bond acceptors (Lipinski definition) is 8. The van der Waals surface area contributed by atoms with Gasteiger partial charge < -0.3 is 33.9 Å². The van der Waals surface area contributed by atoms with Gasteiger partial charge in [0.2, 0.25) is 0 Å². The molecule has 34 heavy (non-hydrogen) atoms. The van der Waals surface area contributed by atoms with Gasteiger partial charge in [-0.15, -0.1) is 0 Å². The summed E-state index contributed by atoms with van der Waals surface area (Å²) in [6.07, 6.45) is 2.87. The average molecular weight is 588 g/mol. The van der Waals surface area contributed by atoms with Crippen molar-refractivity contribution in [2.75, 3.05) is 41.0 Å². The van der Waals surface area contributed by atoms with E-state index in [9.17, 15) is 9.59 Å². The Labute approximate surface area is 213 Å². The number of likely N-dealkylation sites (N-methyl/N-ethyl adjacent to an activating group) is 1. The first kappa shape index (κ1) is 25.5. The van der Waals surface area contributed by atoms with Crippen LogP contribution in [-0.4, -0.2) is 85.4 Å². The zero-order valence-electron chi connectivity index (χ0n) is 19.9. The number of carbonyl (C=O) groups excluding carboxylic acids is 2. The number of benzene rings is 1. The summed E-state index contributed by atoms with van der Waals surface area (Å²) in [5.74, 6) is -0.127. The molecular weight excluding hydrogens is 555 g/mol. The van der Waals surface area contributed by atoms with Crippen molar-refractivity contribution in [2.45, 2.75) is 59.5 Å². The van der Waals surface area contributed by atoms with Gasteiger partial charge in [0, 0.05) is 32.9 Å². The number of ether oxygens (including phenoxy) is 5. The van der Waals surface area contributed by atoms with Gasteiger partial charge in [0.25, 0.3) is 0 Å². The second kappa shape index (κ2) is 10.5. The Balaban J connectivity index is 1.43. The van der Waals surface area contributed by atoms with Crippen molar-refractivity contribution in [3.63, 3.8) is 0 Å². The fourth-order valence-electron chi connectivity index (χ4n) is 5.06. The van der Waals surface area contributed by atoms with Crippen molar-refractivity contribution in [3.8, 4) is 5.75 Å². The summed E-state index contributed by atoms with van der Waals surface area (Å²) in [4.78, 5) is 27.0. The Morgan fingerprint density at radius 1 is 1.21 bits per heavy atom. The van der Waals surface area contributed by atoms with Gasteiger partial charge in [-0.05, 0) is 30.5 Å². The van der Waals surface area contributed by atoms with E-state index in [1.165, 1.54) is 7.11 Å². The molecule has 1 aliphatic carbocycles. The maximum absolute atomic E-state index is 12.8. The number of halogens is 1. The van der Waals surface area contributed by atoms with Crippen molar-refractivity contribution in [1.29, 1.82) is 0 Å². The molecule has 1 aromatic rings. The molecule has 3 fully saturated rings. The van der Waals surface area contributed by atoms with Crippen LogP contribution in [0.4, 0.5) is 4.79 Å². The first-order valence-corrected chi connectivity index (χ1v) is 12.9. The highest BCUT2D eigenvalue weighted by Gasteiger charge is 2.56. The molecular formula is C24H33IN2O7. The van der Waals surface area contributed by atoms with Crippen LogP contribution in [-0.2, 0) is 30.2 Å². The largest absolute Gasteiger partial charge is 0.497 e. The van der Waals surface area contributed by atoms with E-state index in [0.717, 1.165) is 11.3 Å². The third-order valence-electron chi connectivity index (χ3n) is 7.20. The maximum Gasteiger partial charge on any atom is 0.410 e. The summed E-state index contributed by atoms with van der Waals surface area (Å²) in [7, 11) is 4.75. The van der Waals surface area contributed by atoms with Crippen LogP contribution in [0.1, 0.15) is 31.2 Å². The lowest BCUT2D eigenvalue weighted by Crippen LogP contribution is -2.63. The minimum Gasteiger partial charge on any atom is -0.497 e. The van der Waals surface area contributed by atoms with E-state index in [-0.39, 0.29) is 22.0 Å². The van der Waals surface area contributed by atoms with Crippen LogP contribution in [0.25, 0.3) is 0 Å². The number of methoxy groups -OCH3 is 2. The Bertz CT molecular complexity index is 877. The second-order valence-electron chi connectivity index (χ2n) is 9.22. The van der Waals surface area contributed by atoms with E-state index in [2.05, 4.69) is 27.9 Å². The van der Waals surface area contributed by atoms with E-state index in [1.54, 1.807) is 19.1 Å². The molecule has 3 aliphatic rings. The first-order chi connectivity index (χ1) is 16.3. The maximum atomic E-state index is 12.8. The molecule has 0 radical (unpaired) electrons. The Morgan fingerprint density at radius 2 is 1.91 bits per heavy atom. The lowest BCUT2D eigenvalue weighted by Gasteiger charge is -2.51. The molecule has 0 unspecified atom stereocenters. The highest BCUT2D eigenvalue weighted by Crippen LogP contribution is 2.49. The van der Waals surface area contributed by atoms with Gasteiger partial charge in [-0.2, -0.15) is 0 Å². The average Bonchev–Trinajstić information content (AvgIpc) is 3.30. The van der Waals surface area contributed by atoms with Gasteiger partial charge in [-0.25, -0.2) is 4.79 Å². The monoisotopic (exact) mass is 588 g/mol. The third-order valence-corrected chi connectivity index (χ3v) is 8.77. The lowest BCUT2D eigenvalue weighted by atomic mass is 9.76. The topological polar surface area (TPSA) is 95.6 Å². The molecule has 2 heterocycles. The highest BCUT2D eigenvalue weighted by atomic mass is 127. The fraction of sp³-hybridized carbons (Fsp3) is 0.667. The molecule has 1 saturated carbocycles. The number of esters is 1. The van der Waals surface area contributed by atoms with Crippen LogP contribution in [0.5, 0.6) is 5.75 Å². The minimum absolute atomic E-state index is 0.0628. The number of hydrogen-bond donors (Lipinski definition) is 1. The molecule has 4 atom stereocenters. The number of nitrogens with one attached hydrogen (secondary N) is 1. The molecule has 4 rings (SSSR count). The van der Waals surface area contributed by atoms with Crippen molar-refractivity contribution in [2.24, 2.45) is 0 Å². The van der Waals surface area contributed by atoms with Crippen LogP contribution < -0.4 is 10.1 Å². The Hall–Kier alpha value is -1.63. The third kappa shape index (κ3) is 5.29. The minimum atomic E-state index is -0.576. The van der Waals surface area contributed by atoms with Gasteiger partial charge in [-0.3, -0.25) is 4.79 Å². The van der Waals surface area contributed by atoms with Gasteiger partial charge in [0.05, 0.1) is 37.4 Å². The molecule has 10 heteroatoms. The predicted octanol–water partition coefficient (Wildman–Crippen LogP) is 2.68. The molecule has 1 aromatic carbocycles. The predicted molar refractivity (Wildman–Crippen MR) is 132 cm³/mol. The molecule has 0 bridgehead atoms. The Kier molecular flexibility index (Phi) is 7.90. The van der Waals surface area contributed by atoms with E-state index < -0.39 is 17.4 Å². The summed E-state index contributed by atoms with van der Waals surface area (Å²) in [5, 5.41) is 3.35. The zero-order chi connectivity index (χ0) is 24.3. The molecule has 188 valence electrons. The van der Waals surface area contributed by atoms with Crippen molar-refractivity contribution in [3.05, 3.63) is 29.8 Å². The fourth-order valence-corrected chi connectivity index (χ4v) is 6.43.